The van der Waals surface area contributed by atoms with Crippen molar-refractivity contribution in [1.82, 2.24) is 5.43 Å². The molecule has 0 radical (unpaired) electrons. The Labute approximate surface area is 78.7 Å². The van der Waals surface area contributed by atoms with Crippen molar-refractivity contribution in [2.45, 2.75) is 26.3 Å². The number of hydrogen-bond donors (Lipinski definition) is 4. The third-order valence-electron chi connectivity index (χ3n) is 1.04. The number of nitrogens with one attached hydrogen (secondary N) is 1. The molecule has 0 aromatic heterocycles. The largest absolute Gasteiger partial charge is 0.490 e. The van der Waals surface area contributed by atoms with Crippen LogP contribution in [0, 0.1) is 5.92 Å². The van der Waals surface area contributed by atoms with Crippen LogP contribution < -0.4 is 11.3 Å². The van der Waals surface area contributed by atoms with Gasteiger partial charge in [0.1, 0.15) is 6.23 Å². The Bertz CT molecular complexity index is 172. The third kappa shape index (κ3) is 9.23. The van der Waals surface area contributed by atoms with Gasteiger partial charge < -0.3 is 10.2 Å². The Morgan fingerprint density at radius 3 is 1.71 bits per heavy atom. The highest BCUT2D eigenvalue weighted by Crippen LogP contribution is 2.13. The average Bonchev–Trinajstić information content (AvgIpc) is 2.02. The molecule has 0 bridgehead atoms. The van der Waals surface area contributed by atoms with Crippen molar-refractivity contribution in [3.05, 3.63) is 0 Å². The van der Waals surface area contributed by atoms with Crippen molar-refractivity contribution in [2.75, 3.05) is 0 Å². The molecular weight excluding hydrogens is 205 g/mol. The van der Waals surface area contributed by atoms with Crippen LogP contribution in [0.3, 0.4) is 0 Å². The minimum Gasteiger partial charge on any atom is -0.475 e. The first-order valence-corrected chi connectivity index (χ1v) is 3.57. The Morgan fingerprint density at radius 1 is 1.43 bits per heavy atom. The van der Waals surface area contributed by atoms with Gasteiger partial charge in [0, 0.05) is 0 Å². The van der Waals surface area contributed by atoms with Crippen molar-refractivity contribution >= 4 is 5.97 Å². The number of aliphatic hydroxyl groups excluding tert-OH is 1. The first-order chi connectivity index (χ1) is 6.12. The summed E-state index contributed by atoms with van der Waals surface area (Å²) < 4.78 is 31.7. The molecule has 0 rings (SSSR count). The van der Waals surface area contributed by atoms with E-state index in [0.29, 0.717) is 0 Å². The van der Waals surface area contributed by atoms with Crippen LogP contribution in [-0.4, -0.2) is 28.6 Å². The summed E-state index contributed by atoms with van der Waals surface area (Å²) in [5.41, 5.74) is 2.22. The lowest BCUT2D eigenvalue weighted by Crippen LogP contribution is -2.38. The van der Waals surface area contributed by atoms with Gasteiger partial charge >= 0.3 is 12.1 Å². The van der Waals surface area contributed by atoms with Gasteiger partial charge in [0.05, 0.1) is 0 Å². The Balaban J connectivity index is 0. The fourth-order valence-corrected chi connectivity index (χ4v) is 0.192. The predicted octanol–water partition coefficient (Wildman–Crippen LogP) is 0.0574. The van der Waals surface area contributed by atoms with Gasteiger partial charge in [-0.3, -0.25) is 5.84 Å². The van der Waals surface area contributed by atoms with Crippen LogP contribution >= 0.6 is 0 Å². The molecule has 14 heavy (non-hydrogen) atoms. The molecule has 86 valence electrons. The Hall–Kier alpha value is -0.860. The monoisotopic (exact) mass is 218 g/mol. The number of carboxylic acid groups (broad SMARTS) is 1. The van der Waals surface area contributed by atoms with Gasteiger partial charge in [0.15, 0.2) is 0 Å². The topological polar surface area (TPSA) is 95.6 Å². The predicted molar refractivity (Wildman–Crippen MR) is 41.9 cm³/mol. The first-order valence-electron chi connectivity index (χ1n) is 3.57. The van der Waals surface area contributed by atoms with E-state index in [1.165, 1.54) is 0 Å². The third-order valence-corrected chi connectivity index (χ3v) is 1.04. The normalized spacial score (nSPS) is 13.1. The summed E-state index contributed by atoms with van der Waals surface area (Å²) in [5.74, 6) is 2.30. The zero-order valence-corrected chi connectivity index (χ0v) is 7.67. The van der Waals surface area contributed by atoms with Crippen LogP contribution in [0.15, 0.2) is 0 Å². The van der Waals surface area contributed by atoms with Crippen LogP contribution in [0.25, 0.3) is 0 Å². The smallest absolute Gasteiger partial charge is 0.475 e. The average molecular weight is 218 g/mol. The van der Waals surface area contributed by atoms with Gasteiger partial charge in [-0.2, -0.15) is 13.2 Å². The van der Waals surface area contributed by atoms with E-state index in [1.54, 1.807) is 0 Å². The highest BCUT2D eigenvalue weighted by Gasteiger charge is 2.38. The van der Waals surface area contributed by atoms with Crippen LogP contribution in [0.2, 0.25) is 0 Å². The molecule has 0 amide bonds. The van der Waals surface area contributed by atoms with Crippen LogP contribution in [-0.2, 0) is 4.79 Å². The lowest BCUT2D eigenvalue weighted by atomic mass is 10.2. The maximum absolute atomic E-state index is 10.6. The molecule has 5 N–H and O–H groups in total. The molecule has 0 fully saturated rings. The van der Waals surface area contributed by atoms with Gasteiger partial charge in [-0.25, -0.2) is 10.2 Å². The summed E-state index contributed by atoms with van der Waals surface area (Å²) in [6, 6.07) is 0. The van der Waals surface area contributed by atoms with Gasteiger partial charge in [-0.15, -0.1) is 0 Å². The molecule has 0 saturated carbocycles. The van der Waals surface area contributed by atoms with E-state index in [-0.39, 0.29) is 5.92 Å². The molecule has 5 nitrogen and oxygen atoms in total. The molecule has 1 atom stereocenters. The summed E-state index contributed by atoms with van der Waals surface area (Å²) in [6.45, 7) is 3.76. The number of carbonyl (C=O) groups is 1. The molecule has 8 heteroatoms. The lowest BCUT2D eigenvalue weighted by molar-refractivity contribution is -0.192. The van der Waals surface area contributed by atoms with E-state index >= 15 is 0 Å². The quantitative estimate of drug-likeness (QED) is 0.298. The maximum Gasteiger partial charge on any atom is 0.490 e. The zero-order valence-electron chi connectivity index (χ0n) is 7.67. The number of rotatable bonds is 2. The SMILES string of the molecule is CC(C)C(O)NN.O=C(O)C(F)(F)F. The number of halogens is 3. The summed E-state index contributed by atoms with van der Waals surface area (Å²) in [4.78, 5) is 8.90. The molecule has 0 heterocycles. The molecule has 0 aliphatic rings. The van der Waals surface area contributed by atoms with E-state index in [0.717, 1.165) is 0 Å². The maximum atomic E-state index is 10.6. The molecule has 0 aromatic carbocycles. The second kappa shape index (κ2) is 6.57. The van der Waals surface area contributed by atoms with Crippen molar-refractivity contribution in [3.8, 4) is 0 Å². The summed E-state index contributed by atoms with van der Waals surface area (Å²) >= 11 is 0. The van der Waals surface area contributed by atoms with Crippen molar-refractivity contribution in [3.63, 3.8) is 0 Å². The summed E-state index contributed by atoms with van der Waals surface area (Å²) in [7, 11) is 0. The Kier molecular flexibility index (Phi) is 7.33. The number of carboxylic acids is 1. The van der Waals surface area contributed by atoms with Gasteiger partial charge in [0.25, 0.3) is 0 Å². The van der Waals surface area contributed by atoms with E-state index in [1.807, 2.05) is 13.8 Å². The number of hydrogen-bond acceptors (Lipinski definition) is 4. The summed E-state index contributed by atoms with van der Waals surface area (Å²) in [5, 5.41) is 15.8. The second-order valence-corrected chi connectivity index (χ2v) is 2.66. The zero-order chi connectivity index (χ0) is 11.9. The number of alkyl halides is 3. The molecule has 0 aliphatic carbocycles. The van der Waals surface area contributed by atoms with E-state index < -0.39 is 18.4 Å². The van der Waals surface area contributed by atoms with E-state index in [2.05, 4.69) is 5.43 Å². The second-order valence-electron chi connectivity index (χ2n) is 2.66. The molecular formula is C6H13F3N2O3. The van der Waals surface area contributed by atoms with Crippen molar-refractivity contribution in [1.29, 1.82) is 0 Å². The molecule has 1 unspecified atom stereocenters. The molecule has 0 saturated heterocycles. The first kappa shape index (κ1) is 15.6. The van der Waals surface area contributed by atoms with Crippen LogP contribution in [0.5, 0.6) is 0 Å². The number of nitrogens with two attached hydrogens (primary N) is 1. The number of aliphatic hydroxyl groups is 1. The molecule has 0 spiro atoms. The lowest BCUT2D eigenvalue weighted by Gasteiger charge is -2.10. The van der Waals surface area contributed by atoms with Gasteiger partial charge in [0.2, 0.25) is 0 Å². The minimum absolute atomic E-state index is 0.185. The van der Waals surface area contributed by atoms with Gasteiger partial charge in [-0.1, -0.05) is 13.8 Å². The summed E-state index contributed by atoms with van der Waals surface area (Å²) in [6.07, 6.45) is -5.65. The van der Waals surface area contributed by atoms with Crippen LogP contribution in [0.4, 0.5) is 13.2 Å². The van der Waals surface area contributed by atoms with Crippen molar-refractivity contribution in [2.24, 2.45) is 11.8 Å². The van der Waals surface area contributed by atoms with Gasteiger partial charge in [-0.05, 0) is 5.92 Å². The molecule has 0 aromatic rings. The Morgan fingerprint density at radius 2 is 1.71 bits per heavy atom. The van der Waals surface area contributed by atoms with E-state index in [9.17, 15) is 13.2 Å². The highest BCUT2D eigenvalue weighted by atomic mass is 19.4. The van der Waals surface area contributed by atoms with Crippen LogP contribution in [0.1, 0.15) is 13.8 Å². The van der Waals surface area contributed by atoms with Crippen molar-refractivity contribution < 1.29 is 28.2 Å². The fraction of sp³-hybridized carbons (Fsp3) is 0.833. The fourth-order valence-electron chi connectivity index (χ4n) is 0.192. The molecule has 0 aliphatic heterocycles. The number of hydrazine groups is 1. The standard InChI is InChI=1S/C4H12N2O.C2HF3O2/c1-3(2)4(7)6-5;3-2(4,5)1(6)7/h3-4,6-7H,5H2,1-2H3;(H,6,7). The minimum atomic E-state index is -5.08. The number of aliphatic carboxylic acids is 1. The highest BCUT2D eigenvalue weighted by molar-refractivity contribution is 5.73. The van der Waals surface area contributed by atoms with E-state index in [4.69, 9.17) is 20.9 Å².